The molecular weight excluding hydrogens is 192 g/mol. The van der Waals surface area contributed by atoms with Crippen LogP contribution in [0.5, 0.6) is 0 Å². The van der Waals surface area contributed by atoms with E-state index in [9.17, 15) is 5.11 Å². The molecule has 0 bridgehead atoms. The molecule has 0 spiro atoms. The highest BCUT2D eigenvalue weighted by molar-refractivity contribution is 5.14. The van der Waals surface area contributed by atoms with Gasteiger partial charge in [0.25, 0.3) is 0 Å². The molecular formula is C11H18N2O2. The molecule has 1 saturated carbocycles. The molecule has 1 unspecified atom stereocenters. The van der Waals surface area contributed by atoms with Crippen LogP contribution in [0.4, 0.5) is 0 Å². The van der Waals surface area contributed by atoms with E-state index in [1.54, 1.807) is 18.0 Å². The fourth-order valence-corrected chi connectivity index (χ4v) is 2.45. The van der Waals surface area contributed by atoms with Crippen LogP contribution in [0.25, 0.3) is 0 Å². The number of aryl methyl sites for hydroxylation is 1. The van der Waals surface area contributed by atoms with E-state index >= 15 is 0 Å². The molecule has 1 N–H and O–H groups in total. The smallest absolute Gasteiger partial charge is 0.111 e. The average Bonchev–Trinajstić information content (AvgIpc) is 2.86. The minimum Gasteiger partial charge on any atom is -0.385 e. The molecule has 0 saturated heterocycles. The van der Waals surface area contributed by atoms with Gasteiger partial charge in [-0.1, -0.05) is 12.8 Å². The van der Waals surface area contributed by atoms with E-state index in [1.165, 1.54) is 0 Å². The molecule has 1 aliphatic carbocycles. The minimum atomic E-state index is -0.557. The molecule has 1 heterocycles. The Morgan fingerprint density at radius 3 is 2.67 bits per heavy atom. The Labute approximate surface area is 89.9 Å². The van der Waals surface area contributed by atoms with Crippen molar-refractivity contribution in [2.24, 2.45) is 7.05 Å². The highest BCUT2D eigenvalue weighted by Gasteiger charge is 2.41. The lowest BCUT2D eigenvalue weighted by Crippen LogP contribution is -2.35. The summed E-state index contributed by atoms with van der Waals surface area (Å²) in [4.78, 5) is 0. The van der Waals surface area contributed by atoms with E-state index in [2.05, 4.69) is 5.10 Å². The molecule has 0 amide bonds. The number of hydrogen-bond donors (Lipinski definition) is 1. The highest BCUT2D eigenvalue weighted by Crippen LogP contribution is 2.42. The summed E-state index contributed by atoms with van der Waals surface area (Å²) < 4.78 is 7.24. The second kappa shape index (κ2) is 3.94. The zero-order chi connectivity index (χ0) is 10.9. The van der Waals surface area contributed by atoms with Crippen molar-refractivity contribution in [2.75, 3.05) is 7.11 Å². The first-order chi connectivity index (χ1) is 7.18. The molecule has 0 aliphatic heterocycles. The quantitative estimate of drug-likeness (QED) is 0.820. The molecule has 15 heavy (non-hydrogen) atoms. The highest BCUT2D eigenvalue weighted by atomic mass is 16.5. The van der Waals surface area contributed by atoms with Gasteiger partial charge >= 0.3 is 0 Å². The van der Waals surface area contributed by atoms with E-state index in [4.69, 9.17) is 4.74 Å². The average molecular weight is 210 g/mol. The Hall–Kier alpha value is -0.870. The predicted octanol–water partition coefficient (Wildman–Crippen LogP) is 1.41. The van der Waals surface area contributed by atoms with Crippen molar-refractivity contribution in [2.45, 2.75) is 37.4 Å². The van der Waals surface area contributed by atoms with Crippen LogP contribution in [-0.2, 0) is 11.8 Å². The zero-order valence-electron chi connectivity index (χ0n) is 9.31. The van der Waals surface area contributed by atoms with Gasteiger partial charge in [0.2, 0.25) is 0 Å². The van der Waals surface area contributed by atoms with Crippen molar-refractivity contribution >= 4 is 0 Å². The lowest BCUT2D eigenvalue weighted by Gasteiger charge is -2.32. The summed E-state index contributed by atoms with van der Waals surface area (Å²) in [5.41, 5.74) is 0.463. The molecule has 2 rings (SSSR count). The van der Waals surface area contributed by atoms with Gasteiger partial charge in [0, 0.05) is 25.9 Å². The fraction of sp³-hybridized carbons (Fsp3) is 0.727. The largest absolute Gasteiger partial charge is 0.385 e. The molecule has 1 aromatic rings. The van der Waals surface area contributed by atoms with Crippen molar-refractivity contribution in [1.29, 1.82) is 0 Å². The number of nitrogens with zero attached hydrogens (tertiary/aromatic N) is 2. The van der Waals surface area contributed by atoms with Crippen molar-refractivity contribution < 1.29 is 9.84 Å². The Kier molecular flexibility index (Phi) is 2.80. The SMILES string of the molecule is COC1(C(O)c2cnn(C)c2)CCCC1. The summed E-state index contributed by atoms with van der Waals surface area (Å²) in [6, 6.07) is 0. The van der Waals surface area contributed by atoms with Crippen LogP contribution in [0.2, 0.25) is 0 Å². The lowest BCUT2D eigenvalue weighted by molar-refractivity contribution is -0.100. The first-order valence-electron chi connectivity index (χ1n) is 5.40. The van der Waals surface area contributed by atoms with Gasteiger partial charge < -0.3 is 9.84 Å². The summed E-state index contributed by atoms with van der Waals surface area (Å²) in [5.74, 6) is 0. The van der Waals surface area contributed by atoms with Crippen molar-refractivity contribution in [1.82, 2.24) is 9.78 Å². The fourth-order valence-electron chi connectivity index (χ4n) is 2.45. The monoisotopic (exact) mass is 210 g/mol. The van der Waals surface area contributed by atoms with Gasteiger partial charge in [0.15, 0.2) is 0 Å². The van der Waals surface area contributed by atoms with Crippen LogP contribution in [0.3, 0.4) is 0 Å². The molecule has 1 fully saturated rings. The second-order valence-corrected chi connectivity index (χ2v) is 4.33. The molecule has 1 aromatic heterocycles. The third kappa shape index (κ3) is 1.79. The Bertz CT molecular complexity index is 329. The van der Waals surface area contributed by atoms with Gasteiger partial charge in [-0.25, -0.2) is 0 Å². The molecule has 0 radical (unpaired) electrons. The topological polar surface area (TPSA) is 47.3 Å². The van der Waals surface area contributed by atoms with Crippen LogP contribution in [0.15, 0.2) is 12.4 Å². The number of aliphatic hydroxyl groups excluding tert-OH is 1. The van der Waals surface area contributed by atoms with E-state index in [-0.39, 0.29) is 5.60 Å². The van der Waals surface area contributed by atoms with Crippen molar-refractivity contribution in [3.05, 3.63) is 18.0 Å². The van der Waals surface area contributed by atoms with E-state index < -0.39 is 6.10 Å². The van der Waals surface area contributed by atoms with Gasteiger partial charge in [0.1, 0.15) is 6.10 Å². The summed E-state index contributed by atoms with van der Waals surface area (Å²) in [6.45, 7) is 0. The van der Waals surface area contributed by atoms with E-state index in [0.717, 1.165) is 31.2 Å². The maximum atomic E-state index is 10.3. The predicted molar refractivity (Wildman–Crippen MR) is 56.4 cm³/mol. The molecule has 0 aromatic carbocycles. The Morgan fingerprint density at radius 2 is 2.20 bits per heavy atom. The zero-order valence-corrected chi connectivity index (χ0v) is 9.31. The lowest BCUT2D eigenvalue weighted by atomic mass is 9.91. The normalized spacial score (nSPS) is 21.8. The summed E-state index contributed by atoms with van der Waals surface area (Å²) >= 11 is 0. The third-order valence-electron chi connectivity index (χ3n) is 3.40. The standard InChI is InChI=1S/C11H18N2O2/c1-13-8-9(7-12-13)10(14)11(15-2)5-3-4-6-11/h7-8,10,14H,3-6H2,1-2H3. The number of hydrogen-bond acceptors (Lipinski definition) is 3. The number of methoxy groups -OCH3 is 1. The van der Waals surface area contributed by atoms with Crippen LogP contribution in [0, 0.1) is 0 Å². The van der Waals surface area contributed by atoms with Gasteiger partial charge in [0.05, 0.1) is 11.8 Å². The molecule has 1 aliphatic rings. The second-order valence-electron chi connectivity index (χ2n) is 4.33. The van der Waals surface area contributed by atoms with Crippen LogP contribution in [0.1, 0.15) is 37.4 Å². The molecule has 4 nitrogen and oxygen atoms in total. The number of aromatic nitrogens is 2. The Balaban J connectivity index is 2.21. The van der Waals surface area contributed by atoms with Crippen molar-refractivity contribution in [3.8, 4) is 0 Å². The Morgan fingerprint density at radius 1 is 1.53 bits per heavy atom. The van der Waals surface area contributed by atoms with Gasteiger partial charge in [-0.3, -0.25) is 4.68 Å². The van der Waals surface area contributed by atoms with Crippen LogP contribution in [-0.4, -0.2) is 27.6 Å². The van der Waals surface area contributed by atoms with Crippen LogP contribution < -0.4 is 0 Å². The van der Waals surface area contributed by atoms with E-state index in [0.29, 0.717) is 0 Å². The summed E-state index contributed by atoms with van der Waals surface area (Å²) in [7, 11) is 3.54. The minimum absolute atomic E-state index is 0.386. The molecule has 1 atom stereocenters. The maximum Gasteiger partial charge on any atom is 0.111 e. The molecule has 84 valence electrons. The summed E-state index contributed by atoms with van der Waals surface area (Å²) in [6.07, 6.45) is 7.13. The number of aliphatic hydroxyl groups is 1. The van der Waals surface area contributed by atoms with E-state index in [1.807, 2.05) is 13.2 Å². The first-order valence-corrected chi connectivity index (χ1v) is 5.40. The van der Waals surface area contributed by atoms with Gasteiger partial charge in [-0.2, -0.15) is 5.10 Å². The van der Waals surface area contributed by atoms with Gasteiger partial charge in [-0.15, -0.1) is 0 Å². The number of rotatable bonds is 3. The third-order valence-corrected chi connectivity index (χ3v) is 3.40. The maximum absolute atomic E-state index is 10.3. The molecule has 4 heteroatoms. The van der Waals surface area contributed by atoms with Gasteiger partial charge in [-0.05, 0) is 12.8 Å². The first kappa shape index (κ1) is 10.6. The summed E-state index contributed by atoms with van der Waals surface area (Å²) in [5, 5.41) is 14.4. The number of ether oxygens (including phenoxy) is 1. The van der Waals surface area contributed by atoms with Crippen molar-refractivity contribution in [3.63, 3.8) is 0 Å². The van der Waals surface area contributed by atoms with Crippen LogP contribution >= 0.6 is 0 Å².